The number of hydrogen-bond donors (Lipinski definition) is 0. The molecule has 1 aliphatic rings. The van der Waals surface area contributed by atoms with Crippen LogP contribution in [0.2, 0.25) is 5.02 Å². The second-order valence-corrected chi connectivity index (χ2v) is 6.45. The first-order valence-corrected chi connectivity index (χ1v) is 8.77. The predicted molar refractivity (Wildman–Crippen MR) is 101 cm³/mol. The molecule has 1 saturated heterocycles. The molecule has 4 rings (SSSR count). The van der Waals surface area contributed by atoms with Crippen molar-refractivity contribution in [2.45, 2.75) is 6.61 Å². The van der Waals surface area contributed by atoms with E-state index in [0.717, 1.165) is 54.3 Å². The first kappa shape index (κ1) is 16.2. The average molecular weight is 355 g/mol. The van der Waals surface area contributed by atoms with Crippen LogP contribution in [-0.2, 0) is 11.3 Å². The number of hydrogen-bond acceptors (Lipinski definition) is 4. The van der Waals surface area contributed by atoms with E-state index < -0.39 is 0 Å². The third-order valence-electron chi connectivity index (χ3n) is 4.29. The predicted octanol–water partition coefficient (Wildman–Crippen LogP) is 4.30. The van der Waals surface area contributed by atoms with E-state index in [1.54, 1.807) is 0 Å². The first-order valence-electron chi connectivity index (χ1n) is 8.39. The zero-order valence-electron chi connectivity index (χ0n) is 13.8. The van der Waals surface area contributed by atoms with Crippen LogP contribution >= 0.6 is 11.6 Å². The van der Waals surface area contributed by atoms with Gasteiger partial charge in [0, 0.05) is 23.5 Å². The molecule has 128 valence electrons. The Bertz CT molecular complexity index is 878. The van der Waals surface area contributed by atoms with E-state index in [9.17, 15) is 0 Å². The molecule has 0 radical (unpaired) electrons. The zero-order chi connectivity index (χ0) is 17.1. The van der Waals surface area contributed by atoms with Crippen molar-refractivity contribution in [3.63, 3.8) is 0 Å². The van der Waals surface area contributed by atoms with E-state index in [1.165, 1.54) is 0 Å². The van der Waals surface area contributed by atoms with E-state index in [2.05, 4.69) is 23.1 Å². The standard InChI is InChI=1S/C20H19ClN2O2/c21-17-5-1-3-15(13-17)14-25-18-6-2-4-16-7-8-19(22-20(16)18)23-9-11-24-12-10-23/h1-8,13H,9-12,14H2. The maximum absolute atomic E-state index is 6.04. The fraction of sp³-hybridized carbons (Fsp3) is 0.250. The van der Waals surface area contributed by atoms with Gasteiger partial charge in [0.05, 0.1) is 13.2 Å². The summed E-state index contributed by atoms with van der Waals surface area (Å²) in [7, 11) is 0. The quantitative estimate of drug-likeness (QED) is 0.699. The molecule has 25 heavy (non-hydrogen) atoms. The molecule has 0 amide bonds. The second kappa shape index (κ2) is 7.30. The van der Waals surface area contributed by atoms with Gasteiger partial charge in [0.25, 0.3) is 0 Å². The monoisotopic (exact) mass is 354 g/mol. The highest BCUT2D eigenvalue weighted by molar-refractivity contribution is 6.30. The Kier molecular flexibility index (Phi) is 4.72. The lowest BCUT2D eigenvalue weighted by Crippen LogP contribution is -2.36. The summed E-state index contributed by atoms with van der Waals surface area (Å²) in [4.78, 5) is 7.09. The lowest BCUT2D eigenvalue weighted by Gasteiger charge is -2.28. The highest BCUT2D eigenvalue weighted by Gasteiger charge is 2.14. The van der Waals surface area contributed by atoms with Gasteiger partial charge in [0.15, 0.2) is 0 Å². The molecule has 3 aromatic rings. The van der Waals surface area contributed by atoms with Gasteiger partial charge in [-0.2, -0.15) is 0 Å². The highest BCUT2D eigenvalue weighted by Crippen LogP contribution is 2.27. The van der Waals surface area contributed by atoms with Crippen LogP contribution in [0, 0.1) is 0 Å². The van der Waals surface area contributed by atoms with Crippen molar-refractivity contribution in [2.24, 2.45) is 0 Å². The molecular formula is C20H19ClN2O2. The van der Waals surface area contributed by atoms with Crippen molar-refractivity contribution < 1.29 is 9.47 Å². The highest BCUT2D eigenvalue weighted by atomic mass is 35.5. The fourth-order valence-corrected chi connectivity index (χ4v) is 3.20. The zero-order valence-corrected chi connectivity index (χ0v) is 14.6. The van der Waals surface area contributed by atoms with E-state index in [1.807, 2.05) is 36.4 Å². The van der Waals surface area contributed by atoms with Crippen LogP contribution in [0.3, 0.4) is 0 Å². The van der Waals surface area contributed by atoms with Crippen molar-refractivity contribution in [2.75, 3.05) is 31.2 Å². The van der Waals surface area contributed by atoms with Crippen LogP contribution in [0.1, 0.15) is 5.56 Å². The van der Waals surface area contributed by atoms with Gasteiger partial charge in [-0.05, 0) is 35.9 Å². The minimum absolute atomic E-state index is 0.461. The molecule has 0 atom stereocenters. The number of nitrogens with zero attached hydrogens (tertiary/aromatic N) is 2. The molecule has 2 heterocycles. The Balaban J connectivity index is 1.61. The van der Waals surface area contributed by atoms with E-state index >= 15 is 0 Å². The summed E-state index contributed by atoms with van der Waals surface area (Å²) in [5.41, 5.74) is 1.92. The maximum atomic E-state index is 6.04. The lowest BCUT2D eigenvalue weighted by atomic mass is 10.2. The number of benzene rings is 2. The molecule has 0 aliphatic carbocycles. The van der Waals surface area contributed by atoms with Crippen molar-refractivity contribution in [1.82, 2.24) is 4.98 Å². The van der Waals surface area contributed by atoms with Crippen LogP contribution in [0.15, 0.2) is 54.6 Å². The molecule has 1 aliphatic heterocycles. The summed E-state index contributed by atoms with van der Waals surface area (Å²) in [6.07, 6.45) is 0. The summed E-state index contributed by atoms with van der Waals surface area (Å²) in [6.45, 7) is 3.68. The molecule has 2 aromatic carbocycles. The number of ether oxygens (including phenoxy) is 2. The molecule has 1 fully saturated rings. The van der Waals surface area contributed by atoms with Gasteiger partial charge < -0.3 is 14.4 Å². The number of morpholine rings is 1. The summed E-state index contributed by atoms with van der Waals surface area (Å²) < 4.78 is 11.5. The molecule has 0 bridgehead atoms. The van der Waals surface area contributed by atoms with E-state index in [-0.39, 0.29) is 0 Å². The second-order valence-electron chi connectivity index (χ2n) is 6.02. The van der Waals surface area contributed by atoms with Crippen LogP contribution in [0.5, 0.6) is 5.75 Å². The Morgan fingerprint density at radius 1 is 1.04 bits per heavy atom. The number of rotatable bonds is 4. The van der Waals surface area contributed by atoms with Crippen molar-refractivity contribution >= 4 is 28.3 Å². The Hall–Kier alpha value is -2.30. The van der Waals surface area contributed by atoms with Gasteiger partial charge in [-0.15, -0.1) is 0 Å². The largest absolute Gasteiger partial charge is 0.487 e. The van der Waals surface area contributed by atoms with Gasteiger partial charge >= 0.3 is 0 Å². The SMILES string of the molecule is Clc1cccc(COc2cccc3ccc(N4CCOCC4)nc23)c1. The Morgan fingerprint density at radius 3 is 2.72 bits per heavy atom. The number of halogens is 1. The maximum Gasteiger partial charge on any atom is 0.146 e. The molecule has 5 heteroatoms. The van der Waals surface area contributed by atoms with E-state index in [4.69, 9.17) is 26.1 Å². The van der Waals surface area contributed by atoms with Gasteiger partial charge in [-0.1, -0.05) is 35.9 Å². The van der Waals surface area contributed by atoms with Gasteiger partial charge in [-0.25, -0.2) is 4.98 Å². The summed E-state index contributed by atoms with van der Waals surface area (Å²) >= 11 is 6.04. The lowest BCUT2D eigenvalue weighted by molar-refractivity contribution is 0.122. The normalized spacial score (nSPS) is 14.7. The number of para-hydroxylation sites is 1. The van der Waals surface area contributed by atoms with Crippen molar-refractivity contribution in [1.29, 1.82) is 0 Å². The Morgan fingerprint density at radius 2 is 1.88 bits per heavy atom. The summed E-state index contributed by atoms with van der Waals surface area (Å²) in [5.74, 6) is 1.75. The van der Waals surface area contributed by atoms with Gasteiger partial charge in [-0.3, -0.25) is 0 Å². The number of fused-ring (bicyclic) bond motifs is 1. The topological polar surface area (TPSA) is 34.6 Å². The fourth-order valence-electron chi connectivity index (χ4n) is 2.98. The van der Waals surface area contributed by atoms with Gasteiger partial charge in [0.2, 0.25) is 0 Å². The molecule has 1 aromatic heterocycles. The van der Waals surface area contributed by atoms with Crippen molar-refractivity contribution in [3.05, 3.63) is 65.2 Å². The number of aromatic nitrogens is 1. The van der Waals surface area contributed by atoms with Crippen LogP contribution in [0.25, 0.3) is 10.9 Å². The molecular weight excluding hydrogens is 336 g/mol. The van der Waals surface area contributed by atoms with Gasteiger partial charge in [0.1, 0.15) is 23.7 Å². The minimum Gasteiger partial charge on any atom is -0.487 e. The number of pyridine rings is 1. The Labute approximate surface area is 151 Å². The van der Waals surface area contributed by atoms with E-state index in [0.29, 0.717) is 11.6 Å². The smallest absolute Gasteiger partial charge is 0.146 e. The first-order chi connectivity index (χ1) is 12.3. The molecule has 4 nitrogen and oxygen atoms in total. The number of anilines is 1. The third-order valence-corrected chi connectivity index (χ3v) is 4.52. The molecule has 0 saturated carbocycles. The van der Waals surface area contributed by atoms with Crippen LogP contribution in [-0.4, -0.2) is 31.3 Å². The van der Waals surface area contributed by atoms with Crippen LogP contribution < -0.4 is 9.64 Å². The molecule has 0 N–H and O–H groups in total. The van der Waals surface area contributed by atoms with Crippen molar-refractivity contribution in [3.8, 4) is 5.75 Å². The average Bonchev–Trinajstić information content (AvgIpc) is 2.67. The molecule has 0 unspecified atom stereocenters. The molecule has 0 spiro atoms. The minimum atomic E-state index is 0.461. The summed E-state index contributed by atoms with van der Waals surface area (Å²) in [6, 6.07) is 17.9. The summed E-state index contributed by atoms with van der Waals surface area (Å²) in [5, 5.41) is 1.78. The third kappa shape index (κ3) is 3.70. The van der Waals surface area contributed by atoms with Crippen LogP contribution in [0.4, 0.5) is 5.82 Å².